The van der Waals surface area contributed by atoms with Crippen LogP contribution in [0.5, 0.6) is 34.5 Å². The molecule has 8 nitrogen and oxygen atoms in total. The van der Waals surface area contributed by atoms with E-state index in [0.717, 1.165) is 12.0 Å². The van der Waals surface area contributed by atoms with Crippen LogP contribution in [0.1, 0.15) is 18.1 Å². The van der Waals surface area contributed by atoms with Gasteiger partial charge in [-0.1, -0.05) is 25.1 Å². The van der Waals surface area contributed by atoms with E-state index in [1.807, 2.05) is 25.1 Å². The molecular weight excluding hydrogens is 476 g/mol. The summed E-state index contributed by atoms with van der Waals surface area (Å²) in [5, 5.41) is 0.305. The Morgan fingerprint density at radius 2 is 1.62 bits per heavy atom. The molecule has 0 aliphatic carbocycles. The maximum atomic E-state index is 12.9. The fraction of sp³-hybridized carbons (Fsp3) is 0.172. The first-order valence-electron chi connectivity index (χ1n) is 11.5. The van der Waals surface area contributed by atoms with Gasteiger partial charge >= 0.3 is 5.97 Å². The van der Waals surface area contributed by atoms with Gasteiger partial charge in [-0.3, -0.25) is 4.79 Å². The molecule has 0 amide bonds. The molecule has 1 heterocycles. The van der Waals surface area contributed by atoms with Crippen LogP contribution in [0.15, 0.2) is 76.1 Å². The number of fused-ring (bicyclic) bond motifs is 1. The third-order valence-corrected chi connectivity index (χ3v) is 5.61. The number of aryl methyl sites for hydroxylation is 1. The van der Waals surface area contributed by atoms with Crippen LogP contribution in [0.2, 0.25) is 0 Å². The van der Waals surface area contributed by atoms with Crippen molar-refractivity contribution in [1.82, 2.24) is 0 Å². The number of methoxy groups -OCH3 is 3. The maximum Gasteiger partial charge on any atom is 0.336 e. The Hall–Kier alpha value is -4.72. The van der Waals surface area contributed by atoms with E-state index < -0.39 is 5.97 Å². The highest BCUT2D eigenvalue weighted by Crippen LogP contribution is 2.38. The van der Waals surface area contributed by atoms with Crippen molar-refractivity contribution in [3.63, 3.8) is 0 Å². The van der Waals surface area contributed by atoms with Crippen LogP contribution in [0.3, 0.4) is 0 Å². The Morgan fingerprint density at radius 1 is 0.892 bits per heavy atom. The number of hydrogen-bond donors (Lipinski definition) is 0. The van der Waals surface area contributed by atoms with E-state index in [1.54, 1.807) is 24.3 Å². The van der Waals surface area contributed by atoms with Crippen molar-refractivity contribution < 1.29 is 32.9 Å². The second-order valence-corrected chi connectivity index (χ2v) is 7.86. The Morgan fingerprint density at radius 3 is 2.30 bits per heavy atom. The monoisotopic (exact) mass is 502 g/mol. The fourth-order valence-corrected chi connectivity index (χ4v) is 3.75. The van der Waals surface area contributed by atoms with E-state index in [2.05, 4.69) is 0 Å². The minimum absolute atomic E-state index is 0.0754. The highest BCUT2D eigenvalue weighted by atomic mass is 16.5. The highest BCUT2D eigenvalue weighted by Gasteiger charge is 2.14. The average Bonchev–Trinajstić information content (AvgIpc) is 2.93. The van der Waals surface area contributed by atoms with Gasteiger partial charge in [-0.2, -0.15) is 0 Å². The van der Waals surface area contributed by atoms with Gasteiger partial charge in [-0.25, -0.2) is 4.79 Å². The molecule has 8 heteroatoms. The van der Waals surface area contributed by atoms with Gasteiger partial charge in [0.2, 0.25) is 16.9 Å². The smallest absolute Gasteiger partial charge is 0.336 e. The fourth-order valence-electron chi connectivity index (χ4n) is 3.75. The van der Waals surface area contributed by atoms with E-state index in [1.165, 1.54) is 51.9 Å². The van der Waals surface area contributed by atoms with Crippen molar-refractivity contribution in [2.75, 3.05) is 21.3 Å². The molecule has 0 bridgehead atoms. The predicted molar refractivity (Wildman–Crippen MR) is 139 cm³/mol. The molecule has 0 radical (unpaired) electrons. The largest absolute Gasteiger partial charge is 0.493 e. The minimum atomic E-state index is -0.619. The molecule has 0 N–H and O–H groups in total. The molecule has 1 aromatic heterocycles. The number of ether oxygens (including phenoxy) is 5. The topological polar surface area (TPSA) is 93.4 Å². The van der Waals surface area contributed by atoms with Crippen LogP contribution >= 0.6 is 0 Å². The first-order valence-corrected chi connectivity index (χ1v) is 11.5. The summed E-state index contributed by atoms with van der Waals surface area (Å²) >= 11 is 0. The van der Waals surface area contributed by atoms with Gasteiger partial charge in [-0.05, 0) is 54.0 Å². The van der Waals surface area contributed by atoms with Crippen molar-refractivity contribution in [2.45, 2.75) is 13.3 Å². The number of benzene rings is 3. The molecule has 0 aliphatic heterocycles. The SMILES string of the molecule is CCc1ccccc1Oc1coc2cc(OC(=O)C=Cc3cc(OC)c(OC)c(OC)c3)ccc2c1=O. The molecule has 0 fully saturated rings. The summed E-state index contributed by atoms with van der Waals surface area (Å²) < 4.78 is 32.8. The molecule has 0 saturated heterocycles. The number of carbonyl (C=O) groups is 1. The molecule has 0 unspecified atom stereocenters. The lowest BCUT2D eigenvalue weighted by atomic mass is 10.1. The number of carbonyl (C=O) groups excluding carboxylic acids is 1. The maximum absolute atomic E-state index is 12.9. The first-order chi connectivity index (χ1) is 18.0. The van der Waals surface area contributed by atoms with Crippen molar-refractivity contribution in [2.24, 2.45) is 0 Å². The van der Waals surface area contributed by atoms with Crippen molar-refractivity contribution in [3.05, 3.63) is 88.3 Å². The predicted octanol–water partition coefficient (Wildman–Crippen LogP) is 5.79. The normalized spacial score (nSPS) is 10.9. The van der Waals surface area contributed by atoms with Crippen LogP contribution in [-0.2, 0) is 11.2 Å². The molecule has 4 aromatic rings. The van der Waals surface area contributed by atoms with Crippen LogP contribution < -0.4 is 29.1 Å². The molecule has 0 spiro atoms. The molecule has 37 heavy (non-hydrogen) atoms. The standard InChI is InChI=1S/C29H26O8/c1-5-19-8-6-7-9-22(19)37-26-17-35-23-16-20(11-12-21(23)28(26)31)36-27(30)13-10-18-14-24(32-2)29(34-4)25(15-18)33-3/h6-17H,5H2,1-4H3. The molecule has 0 aliphatic rings. The van der Waals surface area contributed by atoms with Crippen LogP contribution in [-0.4, -0.2) is 27.3 Å². The third kappa shape index (κ3) is 5.59. The Labute approximate surface area is 213 Å². The van der Waals surface area contributed by atoms with Crippen molar-refractivity contribution in [3.8, 4) is 34.5 Å². The Balaban J connectivity index is 1.51. The molecule has 3 aromatic carbocycles. The van der Waals surface area contributed by atoms with E-state index in [9.17, 15) is 9.59 Å². The van der Waals surface area contributed by atoms with Gasteiger partial charge in [-0.15, -0.1) is 0 Å². The van der Waals surface area contributed by atoms with Gasteiger partial charge in [0.05, 0.1) is 26.7 Å². The molecule has 4 rings (SSSR count). The summed E-state index contributed by atoms with van der Waals surface area (Å²) in [6.45, 7) is 2.01. The summed E-state index contributed by atoms with van der Waals surface area (Å²) in [4.78, 5) is 25.4. The van der Waals surface area contributed by atoms with Crippen LogP contribution in [0, 0.1) is 0 Å². The second-order valence-electron chi connectivity index (χ2n) is 7.86. The van der Waals surface area contributed by atoms with Crippen LogP contribution in [0.4, 0.5) is 0 Å². The summed E-state index contributed by atoms with van der Waals surface area (Å²) in [6.07, 6.45) is 4.85. The molecule has 190 valence electrons. The lowest BCUT2D eigenvalue weighted by Gasteiger charge is -2.12. The van der Waals surface area contributed by atoms with E-state index >= 15 is 0 Å². The summed E-state index contributed by atoms with van der Waals surface area (Å²) in [5.74, 6) is 1.65. The van der Waals surface area contributed by atoms with Crippen molar-refractivity contribution >= 4 is 23.0 Å². The number of hydrogen-bond acceptors (Lipinski definition) is 8. The average molecular weight is 503 g/mol. The lowest BCUT2D eigenvalue weighted by molar-refractivity contribution is -0.128. The Bertz CT molecular complexity index is 1490. The van der Waals surface area contributed by atoms with Crippen LogP contribution in [0.25, 0.3) is 17.0 Å². The van der Waals surface area contributed by atoms with E-state index in [4.69, 9.17) is 28.1 Å². The quantitative estimate of drug-likeness (QED) is 0.161. The van der Waals surface area contributed by atoms with Crippen molar-refractivity contribution in [1.29, 1.82) is 0 Å². The second kappa shape index (κ2) is 11.3. The van der Waals surface area contributed by atoms with Gasteiger partial charge in [0.15, 0.2) is 11.5 Å². The van der Waals surface area contributed by atoms with Gasteiger partial charge in [0, 0.05) is 12.1 Å². The van der Waals surface area contributed by atoms with Gasteiger partial charge in [0.25, 0.3) is 0 Å². The first kappa shape index (κ1) is 25.4. The van der Waals surface area contributed by atoms with Gasteiger partial charge in [0.1, 0.15) is 23.3 Å². The summed E-state index contributed by atoms with van der Waals surface area (Å²) in [5.41, 5.74) is 1.56. The molecule has 0 saturated carbocycles. The zero-order valence-corrected chi connectivity index (χ0v) is 20.9. The van der Waals surface area contributed by atoms with E-state index in [0.29, 0.717) is 33.9 Å². The lowest BCUT2D eigenvalue weighted by Crippen LogP contribution is -2.07. The number of rotatable bonds is 9. The third-order valence-electron chi connectivity index (χ3n) is 5.61. The highest BCUT2D eigenvalue weighted by molar-refractivity contribution is 5.89. The van der Waals surface area contributed by atoms with Gasteiger partial charge < -0.3 is 28.1 Å². The number of para-hydroxylation sites is 1. The molecular formula is C29H26O8. The zero-order valence-electron chi connectivity index (χ0n) is 20.9. The Kier molecular flexibility index (Phi) is 7.78. The summed E-state index contributed by atoms with van der Waals surface area (Å²) in [7, 11) is 4.53. The van der Waals surface area contributed by atoms with E-state index in [-0.39, 0.29) is 22.5 Å². The zero-order chi connectivity index (χ0) is 26.4. The minimum Gasteiger partial charge on any atom is -0.493 e. The number of esters is 1. The molecule has 0 atom stereocenters. The summed E-state index contributed by atoms with van der Waals surface area (Å²) in [6, 6.07) is 15.4.